The van der Waals surface area contributed by atoms with Gasteiger partial charge in [-0.2, -0.15) is 26.3 Å². The lowest BCUT2D eigenvalue weighted by atomic mass is 9.87. The molecule has 0 bridgehead atoms. The average molecular weight is 705 g/mol. The van der Waals surface area contributed by atoms with Crippen LogP contribution in [0.3, 0.4) is 0 Å². The zero-order valence-corrected chi connectivity index (χ0v) is 28.1. The molecule has 274 valence electrons. The van der Waals surface area contributed by atoms with Crippen LogP contribution >= 0.6 is 0 Å². The van der Waals surface area contributed by atoms with Crippen molar-refractivity contribution in [2.24, 2.45) is 0 Å². The second-order valence-electron chi connectivity index (χ2n) is 12.5. The molecule has 2 aromatic carbocycles. The van der Waals surface area contributed by atoms with Crippen molar-refractivity contribution in [2.75, 3.05) is 13.2 Å². The van der Waals surface area contributed by atoms with Gasteiger partial charge in [-0.05, 0) is 79.5 Å². The molecule has 0 aliphatic carbocycles. The molecule has 14 heteroatoms. The quantitative estimate of drug-likeness (QED) is 0.0537. The highest BCUT2D eigenvalue weighted by molar-refractivity contribution is 6.07. The summed E-state index contributed by atoms with van der Waals surface area (Å²) in [7, 11) is 0. The molecule has 0 spiro atoms. The van der Waals surface area contributed by atoms with Crippen molar-refractivity contribution >= 4 is 11.9 Å². The molecule has 1 saturated heterocycles. The van der Waals surface area contributed by atoms with Crippen molar-refractivity contribution in [3.05, 3.63) is 52.6 Å². The van der Waals surface area contributed by atoms with E-state index in [2.05, 4.69) is 5.32 Å². The summed E-state index contributed by atoms with van der Waals surface area (Å²) in [5.41, 5.74) is -7.26. The van der Waals surface area contributed by atoms with Gasteiger partial charge < -0.3 is 25.4 Å². The lowest BCUT2D eigenvalue weighted by molar-refractivity contribution is -0.376. The summed E-state index contributed by atoms with van der Waals surface area (Å²) in [4.78, 5) is 27.3. The van der Waals surface area contributed by atoms with Crippen molar-refractivity contribution in [3.8, 4) is 17.2 Å². The van der Waals surface area contributed by atoms with Crippen LogP contribution in [0.25, 0.3) is 0 Å². The second kappa shape index (κ2) is 16.4. The number of nitrogens with zero attached hydrogens (tertiary/aromatic N) is 1. The van der Waals surface area contributed by atoms with Gasteiger partial charge in [0.15, 0.2) is 11.5 Å². The molecule has 1 aliphatic heterocycles. The van der Waals surface area contributed by atoms with Crippen LogP contribution in [0.1, 0.15) is 107 Å². The van der Waals surface area contributed by atoms with Gasteiger partial charge in [-0.15, -0.1) is 0 Å². The van der Waals surface area contributed by atoms with Crippen molar-refractivity contribution in [1.29, 1.82) is 0 Å². The molecule has 3 amide bonds. The summed E-state index contributed by atoms with van der Waals surface area (Å²) in [6, 6.07) is 4.68. The molecule has 0 radical (unpaired) electrons. The number of aliphatic hydroxyl groups is 1. The third kappa shape index (κ3) is 8.56. The maximum atomic E-state index is 13.9. The minimum absolute atomic E-state index is 0.00320. The van der Waals surface area contributed by atoms with Gasteiger partial charge in [0.2, 0.25) is 0 Å². The number of phenolic OH excluding ortho intramolecular Hbond substituents is 2. The first-order chi connectivity index (χ1) is 23.0. The number of halogens is 6. The van der Waals surface area contributed by atoms with Gasteiger partial charge in [0, 0.05) is 12.1 Å². The number of hydrogen-bond donors (Lipinski definition) is 4. The summed E-state index contributed by atoms with van der Waals surface area (Å²) in [5, 5.41) is 32.5. The van der Waals surface area contributed by atoms with Crippen LogP contribution in [0.2, 0.25) is 0 Å². The van der Waals surface area contributed by atoms with Crippen LogP contribution in [-0.2, 0) is 28.8 Å². The van der Waals surface area contributed by atoms with Crippen LogP contribution < -0.4 is 10.1 Å². The number of rotatable bonds is 18. The number of alkyl halides is 6. The minimum atomic E-state index is -6.02. The molecule has 0 saturated carbocycles. The maximum Gasteiger partial charge on any atom is 0.430 e. The number of nitrogens with one attached hydrogen (secondary N) is 1. The van der Waals surface area contributed by atoms with Gasteiger partial charge in [0.1, 0.15) is 11.3 Å². The molecule has 1 aliphatic rings. The Kier molecular flexibility index (Phi) is 13.3. The van der Waals surface area contributed by atoms with Crippen molar-refractivity contribution in [1.82, 2.24) is 10.2 Å². The van der Waals surface area contributed by atoms with Crippen molar-refractivity contribution < 1.29 is 56.0 Å². The molecule has 4 N–H and O–H groups in total. The number of carbonyl (C=O) groups is 2. The highest BCUT2D eigenvalue weighted by Gasteiger charge is 2.71. The molecule has 1 fully saturated rings. The summed E-state index contributed by atoms with van der Waals surface area (Å²) in [5.74, 6) is -1.20. The summed E-state index contributed by atoms with van der Waals surface area (Å²) in [6.45, 7) is 5.45. The smallest absolute Gasteiger partial charge is 0.430 e. The predicted octanol–water partition coefficient (Wildman–Crippen LogP) is 8.28. The van der Waals surface area contributed by atoms with Crippen LogP contribution in [-0.4, -0.2) is 57.7 Å². The zero-order chi connectivity index (χ0) is 36.6. The predicted molar refractivity (Wildman–Crippen MR) is 170 cm³/mol. The van der Waals surface area contributed by atoms with E-state index in [0.29, 0.717) is 24.8 Å². The van der Waals surface area contributed by atoms with E-state index in [-0.39, 0.29) is 67.9 Å². The normalized spacial score (nSPS) is 17.1. The molecular weight excluding hydrogens is 658 g/mol. The molecule has 1 unspecified atom stereocenters. The molecular formula is C35H46F6N2O6. The van der Waals surface area contributed by atoms with Crippen LogP contribution in [0.15, 0.2) is 30.3 Å². The first-order valence-corrected chi connectivity index (χ1v) is 16.8. The number of aryl methyl sites for hydroxylation is 2. The third-order valence-electron chi connectivity index (χ3n) is 9.00. The van der Waals surface area contributed by atoms with E-state index in [0.717, 1.165) is 42.7 Å². The van der Waals surface area contributed by atoms with Crippen LogP contribution in [0, 0.1) is 0 Å². The number of imide groups is 1. The minimum Gasteiger partial charge on any atom is -0.504 e. The number of amides is 3. The Morgan fingerprint density at radius 2 is 1.39 bits per heavy atom. The Labute approximate surface area is 282 Å². The summed E-state index contributed by atoms with van der Waals surface area (Å²) in [6.07, 6.45) is -5.64. The number of unbranched alkanes of at least 4 members (excludes halogenated alkanes) is 6. The monoisotopic (exact) mass is 704 g/mol. The van der Waals surface area contributed by atoms with Crippen molar-refractivity contribution in [2.45, 2.75) is 121 Å². The number of ether oxygens (including phenoxy) is 1. The van der Waals surface area contributed by atoms with Crippen LogP contribution in [0.4, 0.5) is 31.1 Å². The Balaban J connectivity index is 1.81. The number of benzene rings is 2. The van der Waals surface area contributed by atoms with E-state index in [4.69, 9.17) is 4.74 Å². The van der Waals surface area contributed by atoms with E-state index in [1.807, 2.05) is 6.92 Å². The number of hydrogen-bond acceptors (Lipinski definition) is 6. The molecule has 1 heterocycles. The standard InChI is InChI=1S/C35H46F6N2O6/c1-4-7-8-9-10-11-15-24-21-26(33(48,34(36,37)38)35(39,40)41)20-23(14-5-2)29(24)49-19-13-12-18-43-30(46)32(6-3,42-31(43)47)25-16-17-27(44)28(45)22-25/h16-17,20-22,44-45,48H,4-15,18-19H2,1-3H3,(H,42,47). The topological polar surface area (TPSA) is 119 Å². The lowest BCUT2D eigenvalue weighted by Crippen LogP contribution is -2.54. The largest absolute Gasteiger partial charge is 0.504 e. The zero-order valence-electron chi connectivity index (χ0n) is 28.1. The van der Waals surface area contributed by atoms with Gasteiger partial charge in [-0.3, -0.25) is 9.69 Å². The van der Waals surface area contributed by atoms with E-state index >= 15 is 0 Å². The van der Waals surface area contributed by atoms with Gasteiger partial charge in [-0.1, -0.05) is 65.4 Å². The third-order valence-corrected chi connectivity index (χ3v) is 9.00. The molecule has 49 heavy (non-hydrogen) atoms. The second-order valence-corrected chi connectivity index (χ2v) is 12.5. The maximum absolute atomic E-state index is 13.9. The first-order valence-electron chi connectivity index (χ1n) is 16.8. The fourth-order valence-corrected chi connectivity index (χ4v) is 6.18. The number of carbonyl (C=O) groups excluding carboxylic acids is 2. The highest BCUT2D eigenvalue weighted by Crippen LogP contribution is 2.51. The Hall–Kier alpha value is -3.68. The summed E-state index contributed by atoms with van der Waals surface area (Å²) < 4.78 is 89.2. The Bertz CT molecular complexity index is 1430. The fraction of sp³-hybridized carbons (Fsp3) is 0.600. The Morgan fingerprint density at radius 3 is 1.96 bits per heavy atom. The Morgan fingerprint density at radius 1 is 0.776 bits per heavy atom. The number of aromatic hydroxyl groups is 2. The van der Waals surface area contributed by atoms with E-state index in [9.17, 15) is 51.3 Å². The fourth-order valence-electron chi connectivity index (χ4n) is 6.18. The van der Waals surface area contributed by atoms with Crippen LogP contribution in [0.5, 0.6) is 17.2 Å². The van der Waals surface area contributed by atoms with E-state index in [1.165, 1.54) is 18.2 Å². The van der Waals surface area contributed by atoms with E-state index < -0.39 is 46.7 Å². The van der Waals surface area contributed by atoms with Gasteiger partial charge in [0.25, 0.3) is 11.5 Å². The molecule has 8 nitrogen and oxygen atoms in total. The molecule has 1 atom stereocenters. The first kappa shape index (κ1) is 39.8. The lowest BCUT2D eigenvalue weighted by Gasteiger charge is -2.33. The van der Waals surface area contributed by atoms with Gasteiger partial charge in [0.05, 0.1) is 6.61 Å². The van der Waals surface area contributed by atoms with Gasteiger partial charge >= 0.3 is 18.4 Å². The van der Waals surface area contributed by atoms with Gasteiger partial charge in [-0.25, -0.2) is 4.79 Å². The molecule has 0 aromatic heterocycles. The highest BCUT2D eigenvalue weighted by atomic mass is 19.4. The number of phenols is 2. The molecule has 3 rings (SSSR count). The SMILES string of the molecule is CCCCCCCCc1cc(C(O)(C(F)(F)F)C(F)(F)F)cc(CCC)c1OCCCCN1C(=O)NC(CC)(c2ccc(O)c(O)c2)C1=O. The molecule has 2 aromatic rings. The van der Waals surface area contributed by atoms with E-state index in [1.54, 1.807) is 13.8 Å². The average Bonchev–Trinajstić information content (AvgIpc) is 3.28. The summed E-state index contributed by atoms with van der Waals surface area (Å²) >= 11 is 0. The van der Waals surface area contributed by atoms with Crippen molar-refractivity contribution in [3.63, 3.8) is 0 Å². The number of urea groups is 1.